The zero-order valence-corrected chi connectivity index (χ0v) is 13.6. The van der Waals surface area contributed by atoms with Crippen LogP contribution in [0.5, 0.6) is 5.88 Å². The second-order valence-electron chi connectivity index (χ2n) is 4.74. The minimum Gasteiger partial charge on any atom is -0.481 e. The van der Waals surface area contributed by atoms with E-state index in [1.165, 1.54) is 0 Å². The maximum absolute atomic E-state index is 11.0. The minimum absolute atomic E-state index is 0.338. The Labute approximate surface area is 129 Å². The summed E-state index contributed by atoms with van der Waals surface area (Å²) in [6.45, 7) is 2.74. The summed E-state index contributed by atoms with van der Waals surface area (Å²) >= 11 is 5.28. The zero-order chi connectivity index (χ0) is 15.6. The number of aryl methyl sites for hydroxylation is 1. The third-order valence-corrected chi connectivity index (χ3v) is 3.94. The van der Waals surface area contributed by atoms with Gasteiger partial charge in [0.2, 0.25) is 5.88 Å². The third kappa shape index (κ3) is 4.26. The largest absolute Gasteiger partial charge is 0.481 e. The molecule has 2 rings (SSSR count). The molecule has 1 fully saturated rings. The molecule has 0 bridgehead atoms. The Balaban J connectivity index is 1.89. The first kappa shape index (κ1) is 15.9. The fraction of sp³-hybridized carbons (Fsp3) is 0.500. The molecule has 116 valence electrons. The van der Waals surface area contributed by atoms with Gasteiger partial charge < -0.3 is 15.0 Å². The van der Waals surface area contributed by atoms with Gasteiger partial charge in [-0.2, -0.15) is 8.42 Å². The molecule has 0 amide bonds. The number of hydrogen-bond acceptors (Lipinski definition) is 6. The summed E-state index contributed by atoms with van der Waals surface area (Å²) in [5, 5.41) is 3.59. The number of hydrogen-bond donors (Lipinski definition) is 1. The van der Waals surface area contributed by atoms with Gasteiger partial charge in [-0.05, 0) is 25.2 Å². The van der Waals surface area contributed by atoms with Crippen LogP contribution in [0.4, 0.5) is 5.69 Å². The highest BCUT2D eigenvalue weighted by atomic mass is 32.2. The van der Waals surface area contributed by atoms with Crippen molar-refractivity contribution in [2.45, 2.75) is 13.0 Å². The van der Waals surface area contributed by atoms with Crippen molar-refractivity contribution in [1.82, 2.24) is 9.88 Å². The van der Waals surface area contributed by atoms with Crippen molar-refractivity contribution in [3.8, 4) is 5.88 Å². The lowest BCUT2D eigenvalue weighted by atomic mass is 10.2. The van der Waals surface area contributed by atoms with Crippen molar-refractivity contribution < 1.29 is 17.3 Å². The SMILES string of the molecule is COc1ccc(NC(=S)N2CC(OS(C)(=O)=O)C2)c(C)n1. The second kappa shape index (κ2) is 6.12. The van der Waals surface area contributed by atoms with Crippen LogP contribution in [-0.2, 0) is 14.3 Å². The predicted molar refractivity (Wildman–Crippen MR) is 83.0 cm³/mol. The summed E-state index contributed by atoms with van der Waals surface area (Å²) in [5.74, 6) is 0.537. The van der Waals surface area contributed by atoms with Gasteiger partial charge in [-0.25, -0.2) is 4.98 Å². The van der Waals surface area contributed by atoms with Crippen LogP contribution in [0.3, 0.4) is 0 Å². The van der Waals surface area contributed by atoms with Crippen molar-refractivity contribution in [1.29, 1.82) is 0 Å². The van der Waals surface area contributed by atoms with Crippen LogP contribution >= 0.6 is 12.2 Å². The van der Waals surface area contributed by atoms with Gasteiger partial charge in [0.25, 0.3) is 10.1 Å². The van der Waals surface area contributed by atoms with Gasteiger partial charge in [-0.1, -0.05) is 0 Å². The van der Waals surface area contributed by atoms with Gasteiger partial charge in [0, 0.05) is 19.2 Å². The Hall–Kier alpha value is -1.45. The fourth-order valence-electron chi connectivity index (χ4n) is 1.89. The highest BCUT2D eigenvalue weighted by molar-refractivity contribution is 7.86. The molecule has 1 aromatic heterocycles. The summed E-state index contributed by atoms with van der Waals surface area (Å²) in [6, 6.07) is 3.57. The number of rotatable bonds is 4. The van der Waals surface area contributed by atoms with E-state index < -0.39 is 10.1 Å². The average Bonchev–Trinajstić information content (AvgIpc) is 2.34. The summed E-state index contributed by atoms with van der Waals surface area (Å²) in [5.41, 5.74) is 1.55. The van der Waals surface area contributed by atoms with E-state index in [0.29, 0.717) is 24.1 Å². The van der Waals surface area contributed by atoms with E-state index in [4.69, 9.17) is 21.1 Å². The number of nitrogens with one attached hydrogen (secondary N) is 1. The molecule has 0 unspecified atom stereocenters. The van der Waals surface area contributed by atoms with Crippen LogP contribution in [0.25, 0.3) is 0 Å². The topological polar surface area (TPSA) is 80.8 Å². The molecule has 0 aromatic carbocycles. The molecule has 0 aliphatic carbocycles. The summed E-state index contributed by atoms with van der Waals surface area (Å²) < 4.78 is 31.9. The molecule has 7 nitrogen and oxygen atoms in total. The molecule has 0 radical (unpaired) electrons. The molecule has 1 aliphatic rings. The Kier molecular flexibility index (Phi) is 4.64. The quantitative estimate of drug-likeness (QED) is 0.640. The van der Waals surface area contributed by atoms with Crippen LogP contribution in [0, 0.1) is 6.92 Å². The molecule has 0 spiro atoms. The van der Waals surface area contributed by atoms with Gasteiger partial charge >= 0.3 is 0 Å². The first-order valence-electron chi connectivity index (χ1n) is 6.24. The Morgan fingerprint density at radius 3 is 2.67 bits per heavy atom. The first-order chi connectivity index (χ1) is 9.78. The molecule has 0 atom stereocenters. The zero-order valence-electron chi connectivity index (χ0n) is 12.0. The van der Waals surface area contributed by atoms with E-state index in [-0.39, 0.29) is 6.10 Å². The van der Waals surface area contributed by atoms with Gasteiger partial charge in [0.05, 0.1) is 24.7 Å². The lowest BCUT2D eigenvalue weighted by Gasteiger charge is -2.39. The van der Waals surface area contributed by atoms with Crippen molar-refractivity contribution in [2.75, 3.05) is 31.8 Å². The second-order valence-corrected chi connectivity index (χ2v) is 6.73. The van der Waals surface area contributed by atoms with Crippen LogP contribution in [0.2, 0.25) is 0 Å². The molecule has 1 aromatic rings. The Bertz CT molecular complexity index is 642. The number of anilines is 1. The minimum atomic E-state index is -3.42. The van der Waals surface area contributed by atoms with Crippen molar-refractivity contribution in [3.63, 3.8) is 0 Å². The molecule has 21 heavy (non-hydrogen) atoms. The molecular formula is C12H17N3O4S2. The van der Waals surface area contributed by atoms with E-state index in [0.717, 1.165) is 17.6 Å². The molecule has 1 N–H and O–H groups in total. The number of likely N-dealkylation sites (tertiary alicyclic amines) is 1. The summed E-state index contributed by atoms with van der Waals surface area (Å²) in [6.07, 6.45) is 0.702. The van der Waals surface area contributed by atoms with Gasteiger partial charge in [0.15, 0.2) is 5.11 Å². The van der Waals surface area contributed by atoms with Gasteiger partial charge in [0.1, 0.15) is 6.10 Å². The smallest absolute Gasteiger partial charge is 0.264 e. The van der Waals surface area contributed by atoms with Gasteiger partial charge in [-0.3, -0.25) is 4.18 Å². The average molecular weight is 331 g/mol. The van der Waals surface area contributed by atoms with Crippen LogP contribution in [0.1, 0.15) is 5.69 Å². The number of ether oxygens (including phenoxy) is 1. The summed E-state index contributed by atoms with van der Waals surface area (Å²) in [4.78, 5) is 6.07. The maximum atomic E-state index is 11.0. The Morgan fingerprint density at radius 1 is 1.48 bits per heavy atom. The fourth-order valence-corrected chi connectivity index (χ4v) is 2.77. The van der Waals surface area contributed by atoms with Crippen LogP contribution < -0.4 is 10.1 Å². The van der Waals surface area contributed by atoms with E-state index in [2.05, 4.69) is 10.3 Å². The Morgan fingerprint density at radius 2 is 2.14 bits per heavy atom. The molecule has 1 aliphatic heterocycles. The van der Waals surface area contributed by atoms with Crippen molar-refractivity contribution >= 4 is 33.1 Å². The number of thiocarbonyl (C=S) groups is 1. The van der Waals surface area contributed by atoms with Crippen LogP contribution in [-0.4, -0.2) is 56.0 Å². The van der Waals surface area contributed by atoms with E-state index >= 15 is 0 Å². The number of methoxy groups -OCH3 is 1. The molecule has 9 heteroatoms. The number of nitrogens with zero attached hydrogens (tertiary/aromatic N) is 2. The monoisotopic (exact) mass is 331 g/mol. The molecule has 1 saturated heterocycles. The molecule has 0 saturated carbocycles. The summed E-state index contributed by atoms with van der Waals surface area (Å²) in [7, 11) is -1.86. The highest BCUT2D eigenvalue weighted by Crippen LogP contribution is 2.20. The first-order valence-corrected chi connectivity index (χ1v) is 8.47. The van der Waals surface area contributed by atoms with E-state index in [9.17, 15) is 8.42 Å². The van der Waals surface area contributed by atoms with Gasteiger partial charge in [-0.15, -0.1) is 0 Å². The highest BCUT2D eigenvalue weighted by Gasteiger charge is 2.32. The normalized spacial score (nSPS) is 15.5. The molecule has 2 heterocycles. The lowest BCUT2D eigenvalue weighted by Crippen LogP contribution is -2.56. The van der Waals surface area contributed by atoms with Crippen molar-refractivity contribution in [3.05, 3.63) is 17.8 Å². The third-order valence-electron chi connectivity index (χ3n) is 2.96. The number of pyridine rings is 1. The number of aromatic nitrogens is 1. The predicted octanol–water partition coefficient (Wildman–Crippen LogP) is 0.756. The van der Waals surface area contributed by atoms with Crippen molar-refractivity contribution in [2.24, 2.45) is 0 Å². The van der Waals surface area contributed by atoms with E-state index in [1.54, 1.807) is 13.2 Å². The lowest BCUT2D eigenvalue weighted by molar-refractivity contribution is 0.0761. The van der Waals surface area contributed by atoms with E-state index in [1.807, 2.05) is 17.9 Å². The maximum Gasteiger partial charge on any atom is 0.264 e. The molecular weight excluding hydrogens is 314 g/mol. The standard InChI is InChI=1S/C12H17N3O4S2/c1-8-10(4-5-11(13-8)18-2)14-12(20)15-6-9(7-15)19-21(3,16)17/h4-5,9H,6-7H2,1-3H3,(H,14,20). The van der Waals surface area contributed by atoms with Crippen LogP contribution in [0.15, 0.2) is 12.1 Å².